The van der Waals surface area contributed by atoms with Crippen LogP contribution in [-0.2, 0) is 9.59 Å². The highest BCUT2D eigenvalue weighted by atomic mass is 16.2. The van der Waals surface area contributed by atoms with Gasteiger partial charge in [-0.25, -0.2) is 5.43 Å². The van der Waals surface area contributed by atoms with E-state index in [1.54, 1.807) is 11.0 Å². The number of amides is 3. The van der Waals surface area contributed by atoms with Crippen LogP contribution in [0.3, 0.4) is 0 Å². The van der Waals surface area contributed by atoms with Crippen LogP contribution in [0.2, 0.25) is 0 Å². The van der Waals surface area contributed by atoms with Gasteiger partial charge in [0.2, 0.25) is 5.91 Å². The summed E-state index contributed by atoms with van der Waals surface area (Å²) in [7, 11) is 0. The summed E-state index contributed by atoms with van der Waals surface area (Å²) in [6.07, 6.45) is 2.11. The SMILES string of the molecule is Cc1cccc(C(=O)NC2CCN(C(=O)C3=NNC(=O)CC3)CC2)c1. The highest BCUT2D eigenvalue weighted by Crippen LogP contribution is 2.14. The van der Waals surface area contributed by atoms with E-state index in [1.807, 2.05) is 25.1 Å². The average molecular weight is 342 g/mol. The van der Waals surface area contributed by atoms with E-state index in [2.05, 4.69) is 15.8 Å². The lowest BCUT2D eigenvalue weighted by molar-refractivity contribution is -0.125. The molecule has 0 aromatic heterocycles. The monoisotopic (exact) mass is 342 g/mol. The molecule has 7 heteroatoms. The zero-order valence-corrected chi connectivity index (χ0v) is 14.2. The molecule has 2 heterocycles. The zero-order valence-electron chi connectivity index (χ0n) is 14.2. The van der Waals surface area contributed by atoms with Gasteiger partial charge in [0.05, 0.1) is 0 Å². The van der Waals surface area contributed by atoms with E-state index < -0.39 is 0 Å². The van der Waals surface area contributed by atoms with Crippen molar-refractivity contribution in [2.75, 3.05) is 13.1 Å². The molecule has 25 heavy (non-hydrogen) atoms. The average Bonchev–Trinajstić information content (AvgIpc) is 2.62. The Labute approximate surface area is 146 Å². The minimum atomic E-state index is -0.158. The van der Waals surface area contributed by atoms with E-state index in [1.165, 1.54) is 0 Å². The molecule has 0 bridgehead atoms. The van der Waals surface area contributed by atoms with Crippen molar-refractivity contribution in [1.82, 2.24) is 15.6 Å². The van der Waals surface area contributed by atoms with Crippen LogP contribution in [0, 0.1) is 6.92 Å². The molecule has 0 radical (unpaired) electrons. The third-order valence-electron chi connectivity index (χ3n) is 4.55. The molecular formula is C18H22N4O3. The Balaban J connectivity index is 1.51. The van der Waals surface area contributed by atoms with Gasteiger partial charge in [-0.1, -0.05) is 17.7 Å². The molecule has 1 aromatic carbocycles. The number of piperidine rings is 1. The van der Waals surface area contributed by atoms with Crippen LogP contribution in [0.1, 0.15) is 41.6 Å². The van der Waals surface area contributed by atoms with Crippen LogP contribution < -0.4 is 10.7 Å². The molecule has 2 aliphatic rings. The maximum Gasteiger partial charge on any atom is 0.270 e. The van der Waals surface area contributed by atoms with E-state index in [0.29, 0.717) is 50.0 Å². The fourth-order valence-corrected chi connectivity index (χ4v) is 3.09. The minimum Gasteiger partial charge on any atom is -0.349 e. The van der Waals surface area contributed by atoms with E-state index in [0.717, 1.165) is 5.56 Å². The van der Waals surface area contributed by atoms with Gasteiger partial charge in [-0.05, 0) is 31.9 Å². The summed E-state index contributed by atoms with van der Waals surface area (Å²) in [5.41, 5.74) is 4.47. The number of benzene rings is 1. The summed E-state index contributed by atoms with van der Waals surface area (Å²) in [5, 5.41) is 6.90. The van der Waals surface area contributed by atoms with Crippen molar-refractivity contribution >= 4 is 23.4 Å². The lowest BCUT2D eigenvalue weighted by Crippen LogP contribution is -2.49. The number of likely N-dealkylation sites (tertiary alicyclic amines) is 1. The second-order valence-electron chi connectivity index (χ2n) is 6.50. The van der Waals surface area contributed by atoms with Gasteiger partial charge in [0.1, 0.15) is 5.71 Å². The summed E-state index contributed by atoms with van der Waals surface area (Å²) in [6.45, 7) is 3.10. The Kier molecular flexibility index (Phi) is 5.11. The minimum absolute atomic E-state index is 0.0602. The number of carbonyl (C=O) groups is 3. The van der Waals surface area contributed by atoms with Gasteiger partial charge in [0.15, 0.2) is 0 Å². The molecule has 1 fully saturated rings. The van der Waals surface area contributed by atoms with Crippen LogP contribution in [-0.4, -0.2) is 47.5 Å². The van der Waals surface area contributed by atoms with Crippen molar-refractivity contribution in [3.05, 3.63) is 35.4 Å². The predicted molar refractivity (Wildman–Crippen MR) is 93.1 cm³/mol. The maximum absolute atomic E-state index is 12.4. The first-order valence-corrected chi connectivity index (χ1v) is 8.55. The first-order valence-electron chi connectivity index (χ1n) is 8.55. The number of nitrogens with one attached hydrogen (secondary N) is 2. The van der Waals surface area contributed by atoms with Crippen LogP contribution >= 0.6 is 0 Å². The number of hydrazone groups is 1. The Hall–Kier alpha value is -2.70. The van der Waals surface area contributed by atoms with Gasteiger partial charge < -0.3 is 10.2 Å². The highest BCUT2D eigenvalue weighted by molar-refractivity contribution is 6.39. The smallest absolute Gasteiger partial charge is 0.270 e. The summed E-state index contributed by atoms with van der Waals surface area (Å²) >= 11 is 0. The van der Waals surface area contributed by atoms with Crippen molar-refractivity contribution in [2.24, 2.45) is 5.10 Å². The second kappa shape index (κ2) is 7.46. The molecule has 3 amide bonds. The number of hydrogen-bond donors (Lipinski definition) is 2. The maximum atomic E-state index is 12.4. The van der Waals surface area contributed by atoms with Crippen molar-refractivity contribution in [1.29, 1.82) is 0 Å². The number of carbonyl (C=O) groups excluding carboxylic acids is 3. The number of nitrogens with zero attached hydrogens (tertiary/aromatic N) is 2. The fourth-order valence-electron chi connectivity index (χ4n) is 3.09. The molecule has 2 aliphatic heterocycles. The molecule has 0 unspecified atom stereocenters. The predicted octanol–water partition coefficient (Wildman–Crippen LogP) is 0.982. The van der Waals surface area contributed by atoms with Crippen LogP contribution in [0.5, 0.6) is 0 Å². The molecule has 0 atom stereocenters. The van der Waals surface area contributed by atoms with Gasteiger partial charge in [-0.2, -0.15) is 5.10 Å². The van der Waals surface area contributed by atoms with E-state index in [9.17, 15) is 14.4 Å². The fraction of sp³-hybridized carbons (Fsp3) is 0.444. The van der Waals surface area contributed by atoms with Crippen LogP contribution in [0.4, 0.5) is 0 Å². The quantitative estimate of drug-likeness (QED) is 0.858. The van der Waals surface area contributed by atoms with Gasteiger partial charge in [0, 0.05) is 37.5 Å². The molecule has 132 valence electrons. The van der Waals surface area contributed by atoms with Crippen LogP contribution in [0.25, 0.3) is 0 Å². The first kappa shape index (κ1) is 17.1. The Morgan fingerprint density at radius 3 is 2.64 bits per heavy atom. The highest BCUT2D eigenvalue weighted by Gasteiger charge is 2.28. The van der Waals surface area contributed by atoms with Gasteiger partial charge in [-0.3, -0.25) is 14.4 Å². The number of aryl methyl sites for hydroxylation is 1. The normalized spacial score (nSPS) is 18.4. The van der Waals surface area contributed by atoms with Crippen molar-refractivity contribution in [3.8, 4) is 0 Å². The number of hydrogen-bond acceptors (Lipinski definition) is 4. The van der Waals surface area contributed by atoms with E-state index >= 15 is 0 Å². The van der Waals surface area contributed by atoms with Gasteiger partial charge >= 0.3 is 0 Å². The topological polar surface area (TPSA) is 90.9 Å². The molecule has 1 aromatic rings. The molecular weight excluding hydrogens is 320 g/mol. The first-order chi connectivity index (χ1) is 12.0. The summed E-state index contributed by atoms with van der Waals surface area (Å²) in [5.74, 6) is -0.356. The molecule has 0 saturated carbocycles. The van der Waals surface area contributed by atoms with E-state index in [4.69, 9.17) is 0 Å². The summed E-state index contributed by atoms with van der Waals surface area (Å²) in [4.78, 5) is 37.6. The van der Waals surface area contributed by atoms with Crippen LogP contribution in [0.15, 0.2) is 29.4 Å². The standard InChI is InChI=1S/C18H22N4O3/c1-12-3-2-4-13(11-12)17(24)19-14-7-9-22(10-8-14)18(25)15-5-6-16(23)21-20-15/h2-4,11,14H,5-10H2,1H3,(H,19,24)(H,21,23). The number of rotatable bonds is 3. The molecule has 1 saturated heterocycles. The Morgan fingerprint density at radius 1 is 1.24 bits per heavy atom. The lowest BCUT2D eigenvalue weighted by Gasteiger charge is -2.33. The van der Waals surface area contributed by atoms with Crippen molar-refractivity contribution < 1.29 is 14.4 Å². The molecule has 0 spiro atoms. The Morgan fingerprint density at radius 2 is 2.00 bits per heavy atom. The van der Waals surface area contributed by atoms with Gasteiger partial charge in [-0.15, -0.1) is 0 Å². The Bertz CT molecular complexity index is 721. The molecule has 2 N–H and O–H groups in total. The van der Waals surface area contributed by atoms with Gasteiger partial charge in [0.25, 0.3) is 11.8 Å². The van der Waals surface area contributed by atoms with Crippen molar-refractivity contribution in [3.63, 3.8) is 0 Å². The third kappa shape index (κ3) is 4.23. The van der Waals surface area contributed by atoms with Crippen molar-refractivity contribution in [2.45, 2.75) is 38.6 Å². The van der Waals surface area contributed by atoms with E-state index in [-0.39, 0.29) is 23.8 Å². The molecule has 7 nitrogen and oxygen atoms in total. The molecule has 3 rings (SSSR count). The summed E-state index contributed by atoms with van der Waals surface area (Å²) < 4.78 is 0. The molecule has 0 aliphatic carbocycles. The zero-order chi connectivity index (χ0) is 17.8. The largest absolute Gasteiger partial charge is 0.349 e. The third-order valence-corrected chi connectivity index (χ3v) is 4.55. The summed E-state index contributed by atoms with van der Waals surface area (Å²) in [6, 6.07) is 7.55. The second-order valence-corrected chi connectivity index (χ2v) is 6.50. The lowest BCUT2D eigenvalue weighted by atomic mass is 10.0.